The second-order valence-electron chi connectivity index (χ2n) is 18.2. The molecular formula is C50H67ClF2N8O10S. The van der Waals surface area contributed by atoms with Gasteiger partial charge in [-0.3, -0.25) is 24.3 Å². The normalized spacial score (nSPS) is 17.0. The Morgan fingerprint density at radius 2 is 1.51 bits per heavy atom. The van der Waals surface area contributed by atoms with Gasteiger partial charge in [-0.2, -0.15) is 4.39 Å². The molecule has 3 aliphatic rings. The van der Waals surface area contributed by atoms with Crippen molar-refractivity contribution < 1.29 is 56.1 Å². The highest BCUT2D eigenvalue weighted by molar-refractivity contribution is 7.17. The summed E-state index contributed by atoms with van der Waals surface area (Å²) in [4.78, 5) is 50.7. The molecule has 6 heterocycles. The van der Waals surface area contributed by atoms with Crippen molar-refractivity contribution in [3.05, 3.63) is 65.0 Å². The zero-order chi connectivity index (χ0) is 49.7. The van der Waals surface area contributed by atoms with E-state index in [-0.39, 0.29) is 98.5 Å². The van der Waals surface area contributed by atoms with Crippen LogP contribution >= 0.6 is 23.7 Å². The van der Waals surface area contributed by atoms with Crippen LogP contribution in [-0.4, -0.2) is 164 Å². The first-order valence-corrected chi connectivity index (χ1v) is 25.6. The maximum Gasteiger partial charge on any atom is 0.270 e. The van der Waals surface area contributed by atoms with Gasteiger partial charge < -0.3 is 57.9 Å². The van der Waals surface area contributed by atoms with Gasteiger partial charge >= 0.3 is 0 Å². The lowest BCUT2D eigenvalue weighted by Crippen LogP contribution is -2.59. The molecule has 3 amide bonds. The number of fused-ring (bicyclic) bond motifs is 2. The Bertz CT molecular complexity index is 2540. The molecule has 394 valence electrons. The summed E-state index contributed by atoms with van der Waals surface area (Å²) >= 11 is 1.65. The molecule has 0 spiro atoms. The summed E-state index contributed by atoms with van der Waals surface area (Å²) < 4.78 is 72.8. The van der Waals surface area contributed by atoms with Crippen LogP contribution in [0.1, 0.15) is 68.1 Å². The zero-order valence-electron chi connectivity index (χ0n) is 41.2. The lowest BCUT2D eigenvalue weighted by Gasteiger charge is -2.39. The molecule has 1 aliphatic carbocycles. The minimum atomic E-state index is -1.16. The number of aromatic nitrogens is 3. The molecule has 2 atom stereocenters. The van der Waals surface area contributed by atoms with Gasteiger partial charge in [-0.1, -0.05) is 19.3 Å². The van der Waals surface area contributed by atoms with Gasteiger partial charge in [0.05, 0.1) is 68.0 Å². The quantitative estimate of drug-likeness (QED) is 0.0688. The molecule has 18 nitrogen and oxygen atoms in total. The van der Waals surface area contributed by atoms with E-state index in [0.717, 1.165) is 85.8 Å². The number of pyridine rings is 1. The number of halogens is 3. The molecule has 5 aromatic rings. The third-order valence-corrected chi connectivity index (χ3v) is 14.5. The Hall–Kier alpha value is -5.16. The molecule has 22 heteroatoms. The van der Waals surface area contributed by atoms with E-state index in [1.165, 1.54) is 10.6 Å². The van der Waals surface area contributed by atoms with E-state index in [9.17, 15) is 18.8 Å². The molecule has 3 fully saturated rings. The third kappa shape index (κ3) is 13.9. The fourth-order valence-electron chi connectivity index (χ4n) is 9.39. The first kappa shape index (κ1) is 54.6. The van der Waals surface area contributed by atoms with Crippen LogP contribution in [0.3, 0.4) is 0 Å². The van der Waals surface area contributed by atoms with Crippen LogP contribution in [-0.2, 0) is 37.4 Å². The Morgan fingerprint density at radius 1 is 0.847 bits per heavy atom. The van der Waals surface area contributed by atoms with E-state index >= 15 is 4.39 Å². The largest absolute Gasteiger partial charge is 0.489 e. The molecule has 2 N–H and O–H groups in total. The molecule has 2 aliphatic heterocycles. The van der Waals surface area contributed by atoms with Crippen molar-refractivity contribution in [3.8, 4) is 17.4 Å². The number of piperazine rings is 1. The smallest absolute Gasteiger partial charge is 0.270 e. The Morgan fingerprint density at radius 3 is 2.21 bits per heavy atom. The molecule has 0 unspecified atom stereocenters. The molecule has 0 radical (unpaired) electrons. The first-order chi connectivity index (χ1) is 34.6. The van der Waals surface area contributed by atoms with Gasteiger partial charge in [-0.15, -0.1) is 23.7 Å². The fraction of sp³-hybridized carbons (Fsp3) is 0.580. The Kier molecular flexibility index (Phi) is 20.2. The minimum Gasteiger partial charge on any atom is -0.489 e. The second kappa shape index (κ2) is 26.7. The van der Waals surface area contributed by atoms with Crippen LogP contribution in [0.4, 0.5) is 8.78 Å². The van der Waals surface area contributed by atoms with Gasteiger partial charge in [-0.05, 0) is 74.3 Å². The number of thiophene rings is 1. The summed E-state index contributed by atoms with van der Waals surface area (Å²) in [6.45, 7) is 7.13. The van der Waals surface area contributed by atoms with Gasteiger partial charge in [0.1, 0.15) is 36.8 Å². The van der Waals surface area contributed by atoms with Gasteiger partial charge in [0.15, 0.2) is 17.3 Å². The third-order valence-electron chi connectivity index (χ3n) is 13.6. The van der Waals surface area contributed by atoms with Crippen molar-refractivity contribution in [1.29, 1.82) is 0 Å². The first-order valence-electron chi connectivity index (χ1n) is 24.8. The number of likely N-dealkylation sites (tertiary alicyclic amines) is 1. The number of hydrogen-bond donors (Lipinski definition) is 2. The molecule has 72 heavy (non-hydrogen) atoms. The number of nitrogens with zero attached hydrogens (tertiary/aromatic N) is 6. The molecule has 4 aromatic heterocycles. The van der Waals surface area contributed by atoms with Crippen LogP contribution in [0.5, 0.6) is 17.4 Å². The van der Waals surface area contributed by atoms with Crippen molar-refractivity contribution in [3.63, 3.8) is 0 Å². The SMILES string of the molecule is CN[C@@H](C)C(=O)N[C@H](C(=O)N1CCN(C(=O)c2cc3c(OCCOCCOCCOCCOc4cc(CN5CCC(Oc6ccnc7ccsc67)CC5)on4)c(F)c(F)cc3n2C)CC1)C1CCCCC1.Cl. The minimum absolute atomic E-state index is 0. The summed E-state index contributed by atoms with van der Waals surface area (Å²) in [6, 6.07) is 7.23. The Balaban J connectivity index is 0.00000760. The molecule has 2 saturated heterocycles. The monoisotopic (exact) mass is 1040 g/mol. The number of hydrogen-bond acceptors (Lipinski definition) is 15. The number of aryl methyl sites for hydroxylation is 1. The van der Waals surface area contributed by atoms with E-state index in [0.29, 0.717) is 57.5 Å². The van der Waals surface area contributed by atoms with E-state index in [1.807, 2.05) is 17.5 Å². The number of nitrogens with one attached hydrogen (secondary N) is 2. The number of likely N-dealkylation sites (N-methyl/N-ethyl adjacent to an activating group) is 1. The topological polar surface area (TPSA) is 184 Å². The van der Waals surface area contributed by atoms with Crippen LogP contribution in [0.25, 0.3) is 21.1 Å². The number of rotatable bonds is 24. The summed E-state index contributed by atoms with van der Waals surface area (Å²) in [5.74, 6) is -1.17. The predicted octanol–water partition coefficient (Wildman–Crippen LogP) is 5.98. The number of amides is 3. The number of ether oxygens (including phenoxy) is 6. The summed E-state index contributed by atoms with van der Waals surface area (Å²) in [7, 11) is 3.32. The number of carbonyl (C=O) groups excluding carboxylic acids is 3. The lowest BCUT2D eigenvalue weighted by molar-refractivity contribution is -0.140. The van der Waals surface area contributed by atoms with Crippen LogP contribution < -0.4 is 24.8 Å². The standard InChI is InChI=1S/C50H66F2N8O10S.ClH/c1-33(53-2)48(61)55-45(34-7-5-4-6-8-34)50(63)60-18-16-59(17-19-60)49(62)41-30-37-40(57(41)3)31-38(51)44(52)46(37)68-27-25-66-23-21-64-20-22-65-24-26-67-43-29-36(70-56-43)32-58-14-10-35(11-15-58)69-42-9-13-54-39-12-28-71-47(39)42;/h9,12-13,28-31,33-35,45,53H,4-8,10-11,14-27,32H2,1-3H3,(H,55,61);1H/t33-,45-;/m0./s1. The second-order valence-corrected chi connectivity index (χ2v) is 19.2. The molecular weight excluding hydrogens is 978 g/mol. The number of benzene rings is 1. The van der Waals surface area contributed by atoms with Gasteiger partial charge in [-0.25, -0.2) is 4.39 Å². The van der Waals surface area contributed by atoms with Crippen LogP contribution in [0, 0.1) is 17.6 Å². The maximum absolute atomic E-state index is 15.2. The van der Waals surface area contributed by atoms with Gasteiger partial charge in [0.25, 0.3) is 11.8 Å². The highest BCUT2D eigenvalue weighted by Gasteiger charge is 2.37. The van der Waals surface area contributed by atoms with E-state index < -0.39 is 23.7 Å². The summed E-state index contributed by atoms with van der Waals surface area (Å²) in [6.07, 6.45) is 8.67. The summed E-state index contributed by atoms with van der Waals surface area (Å²) in [5, 5.41) is 12.3. The van der Waals surface area contributed by atoms with Crippen molar-refractivity contribution >= 4 is 62.6 Å². The highest BCUT2D eigenvalue weighted by atomic mass is 35.5. The van der Waals surface area contributed by atoms with E-state index in [2.05, 4.69) is 25.7 Å². The Labute approximate surface area is 428 Å². The van der Waals surface area contributed by atoms with Crippen molar-refractivity contribution in [2.45, 2.75) is 76.6 Å². The zero-order valence-corrected chi connectivity index (χ0v) is 42.9. The average molecular weight is 1050 g/mol. The van der Waals surface area contributed by atoms with Crippen molar-refractivity contribution in [2.75, 3.05) is 99.2 Å². The predicted molar refractivity (Wildman–Crippen MR) is 268 cm³/mol. The average Bonchev–Trinajstić information content (AvgIpc) is 4.15. The number of carbonyl (C=O) groups is 3. The highest BCUT2D eigenvalue weighted by Crippen LogP contribution is 2.35. The number of piperidine rings is 1. The maximum atomic E-state index is 15.2. The van der Waals surface area contributed by atoms with Crippen LogP contribution in [0.2, 0.25) is 0 Å². The van der Waals surface area contributed by atoms with E-state index in [4.69, 9.17) is 32.9 Å². The molecule has 1 aromatic carbocycles. The molecule has 0 bridgehead atoms. The molecule has 8 rings (SSSR count). The summed E-state index contributed by atoms with van der Waals surface area (Å²) in [5.41, 5.74) is 1.48. The lowest BCUT2D eigenvalue weighted by atomic mass is 9.83. The van der Waals surface area contributed by atoms with Crippen LogP contribution in [0.15, 0.2) is 46.4 Å². The van der Waals surface area contributed by atoms with Gasteiger partial charge in [0.2, 0.25) is 17.6 Å². The van der Waals surface area contributed by atoms with Crippen molar-refractivity contribution in [1.82, 2.24) is 40.0 Å². The van der Waals surface area contributed by atoms with Gasteiger partial charge in [0, 0.05) is 70.0 Å². The van der Waals surface area contributed by atoms with E-state index in [1.54, 1.807) is 54.4 Å². The fourth-order valence-corrected chi connectivity index (χ4v) is 10.2. The molecule has 1 saturated carbocycles. The van der Waals surface area contributed by atoms with Crippen molar-refractivity contribution in [2.24, 2.45) is 13.0 Å².